The fourth-order valence-electron chi connectivity index (χ4n) is 3.70. The summed E-state index contributed by atoms with van der Waals surface area (Å²) >= 11 is 0. The molecule has 0 radical (unpaired) electrons. The van der Waals surface area contributed by atoms with Gasteiger partial charge in [0, 0.05) is 14.7 Å². The van der Waals surface area contributed by atoms with Gasteiger partial charge in [-0.3, -0.25) is 0 Å². The Kier molecular flexibility index (Phi) is 7.86. The molecule has 0 saturated carbocycles. The average Bonchev–Trinajstić information content (AvgIpc) is 2.65. The molecule has 2 rings (SSSR count). The second kappa shape index (κ2) is 9.10. The van der Waals surface area contributed by atoms with E-state index in [4.69, 9.17) is 14.2 Å². The number of hydrogen-bond acceptors (Lipinski definition) is 11. The van der Waals surface area contributed by atoms with Crippen LogP contribution in [0.4, 0.5) is 0 Å². The van der Waals surface area contributed by atoms with Gasteiger partial charge in [-0.15, -0.1) is 0 Å². The first-order valence-corrected chi connectivity index (χ1v) is 13.3. The molecule has 2 saturated heterocycles. The fraction of sp³-hybridized carbons (Fsp3) is 1.00. The fourth-order valence-corrected chi connectivity index (χ4v) is 4.43. The molecule has 0 aliphatic carbocycles. The van der Waals surface area contributed by atoms with Crippen LogP contribution in [0, 0.1) is 0 Å². The molecule has 2 aliphatic rings. The molecule has 12 heteroatoms. The SMILES string of the molecule is C[Si](C)(C)CCO[C@H]1O[C@H](CO)[C@](O)([C@@]2(O)CO[C@H](CO)[C@H](O)[C@@H]2O)[C@H](O)[C@H]1O. The van der Waals surface area contributed by atoms with E-state index in [0.717, 1.165) is 6.04 Å². The summed E-state index contributed by atoms with van der Waals surface area (Å²) in [5.74, 6) is 0. The summed E-state index contributed by atoms with van der Waals surface area (Å²) in [6, 6.07) is 0.731. The van der Waals surface area contributed by atoms with Gasteiger partial charge in [-0.2, -0.15) is 0 Å². The van der Waals surface area contributed by atoms with E-state index in [-0.39, 0.29) is 6.61 Å². The Hall–Kier alpha value is -0.223. The highest BCUT2D eigenvalue weighted by Crippen LogP contribution is 2.43. The minimum Gasteiger partial charge on any atom is -0.394 e. The molecular weight excluding hydrogens is 408 g/mol. The van der Waals surface area contributed by atoms with Gasteiger partial charge in [-0.05, 0) is 6.04 Å². The highest BCUT2D eigenvalue weighted by atomic mass is 28.3. The highest BCUT2D eigenvalue weighted by molar-refractivity contribution is 6.76. The quantitative estimate of drug-likeness (QED) is 0.182. The van der Waals surface area contributed by atoms with Crippen LogP contribution in [0.5, 0.6) is 0 Å². The number of rotatable bonds is 7. The van der Waals surface area contributed by atoms with Crippen molar-refractivity contribution in [1.82, 2.24) is 0 Å². The van der Waals surface area contributed by atoms with Crippen molar-refractivity contribution < 1.29 is 55.1 Å². The van der Waals surface area contributed by atoms with Crippen LogP contribution in [0.15, 0.2) is 0 Å². The summed E-state index contributed by atoms with van der Waals surface area (Å²) in [5, 5.41) is 82.7. The maximum absolute atomic E-state index is 11.2. The van der Waals surface area contributed by atoms with Crippen molar-refractivity contribution in [2.45, 2.75) is 79.8 Å². The zero-order chi connectivity index (χ0) is 22.2. The molecule has 8 N–H and O–H groups in total. The minimum atomic E-state index is -2.82. The Bertz CT molecular complexity index is 542. The lowest BCUT2D eigenvalue weighted by molar-refractivity contribution is -0.391. The predicted octanol–water partition coefficient (Wildman–Crippen LogP) is -3.64. The summed E-state index contributed by atoms with van der Waals surface area (Å²) in [6.07, 6.45) is -12.1. The summed E-state index contributed by atoms with van der Waals surface area (Å²) in [6.45, 7) is 4.19. The van der Waals surface area contributed by atoms with Gasteiger partial charge in [0.2, 0.25) is 0 Å². The molecule has 0 aromatic heterocycles. The Morgan fingerprint density at radius 3 is 2.10 bits per heavy atom. The van der Waals surface area contributed by atoms with E-state index in [1.54, 1.807) is 0 Å². The van der Waals surface area contributed by atoms with E-state index in [2.05, 4.69) is 19.6 Å². The molecule has 0 aromatic rings. The van der Waals surface area contributed by atoms with Crippen molar-refractivity contribution in [2.24, 2.45) is 0 Å². The second-order valence-electron chi connectivity index (χ2n) is 9.01. The minimum absolute atomic E-state index is 0.216. The molecule has 0 spiro atoms. The van der Waals surface area contributed by atoms with Crippen molar-refractivity contribution in [3.63, 3.8) is 0 Å². The molecule has 2 fully saturated rings. The smallest absolute Gasteiger partial charge is 0.186 e. The largest absolute Gasteiger partial charge is 0.394 e. The predicted molar refractivity (Wildman–Crippen MR) is 101 cm³/mol. The number of ether oxygens (including phenoxy) is 3. The molecule has 0 aromatic carbocycles. The van der Waals surface area contributed by atoms with Gasteiger partial charge in [0.1, 0.15) is 36.6 Å². The zero-order valence-electron chi connectivity index (χ0n) is 16.9. The van der Waals surface area contributed by atoms with Gasteiger partial charge >= 0.3 is 0 Å². The molecule has 9 atom stereocenters. The molecule has 29 heavy (non-hydrogen) atoms. The first kappa shape index (κ1) is 25.0. The summed E-state index contributed by atoms with van der Waals surface area (Å²) in [7, 11) is -1.46. The van der Waals surface area contributed by atoms with Crippen molar-refractivity contribution in [2.75, 3.05) is 26.4 Å². The van der Waals surface area contributed by atoms with Crippen LogP contribution in [-0.4, -0.2) is 129 Å². The molecule has 11 nitrogen and oxygen atoms in total. The van der Waals surface area contributed by atoms with Crippen LogP contribution < -0.4 is 0 Å². The normalized spacial score (nSPS) is 46.7. The molecule has 172 valence electrons. The zero-order valence-corrected chi connectivity index (χ0v) is 17.9. The first-order chi connectivity index (χ1) is 13.3. The number of hydrogen-bond donors (Lipinski definition) is 8. The Morgan fingerprint density at radius 1 is 0.966 bits per heavy atom. The molecular formula is C17H34O11Si. The Balaban J connectivity index is 2.25. The highest BCUT2D eigenvalue weighted by Gasteiger charge is 2.70. The van der Waals surface area contributed by atoms with Gasteiger partial charge in [0.15, 0.2) is 17.5 Å². The van der Waals surface area contributed by atoms with Crippen molar-refractivity contribution in [1.29, 1.82) is 0 Å². The van der Waals surface area contributed by atoms with E-state index < -0.39 is 82.0 Å². The third-order valence-electron chi connectivity index (χ3n) is 5.73. The van der Waals surface area contributed by atoms with Gasteiger partial charge in [-0.1, -0.05) is 19.6 Å². The van der Waals surface area contributed by atoms with Crippen molar-refractivity contribution in [3.05, 3.63) is 0 Å². The summed E-state index contributed by atoms with van der Waals surface area (Å²) in [5.41, 5.74) is -5.55. The molecule has 2 aliphatic heterocycles. The van der Waals surface area contributed by atoms with Crippen LogP contribution >= 0.6 is 0 Å². The molecule has 0 amide bonds. The monoisotopic (exact) mass is 442 g/mol. The third-order valence-corrected chi connectivity index (χ3v) is 7.43. The lowest BCUT2D eigenvalue weighted by Gasteiger charge is -2.58. The van der Waals surface area contributed by atoms with E-state index >= 15 is 0 Å². The van der Waals surface area contributed by atoms with Gasteiger partial charge in [-0.25, -0.2) is 0 Å². The lowest BCUT2D eigenvalue weighted by Crippen LogP contribution is -2.82. The maximum atomic E-state index is 11.2. The van der Waals surface area contributed by atoms with E-state index in [1.807, 2.05) is 0 Å². The standard InChI is InChI=1S/C17H34O11Si/c1-29(2,3)5-4-26-15-12(21)14(23)17(25,10(7-19)28-15)16(24)8-27-9(6-18)11(20)13(16)22/h9-15,18-25H,4-8H2,1-3H3/t9-,10-,11+,12-,13+,14-,15+,16-,17-/m1/s1. The second-order valence-corrected chi connectivity index (χ2v) is 14.6. The Morgan fingerprint density at radius 2 is 1.59 bits per heavy atom. The molecule has 2 heterocycles. The maximum Gasteiger partial charge on any atom is 0.186 e. The summed E-state index contributed by atoms with van der Waals surface area (Å²) in [4.78, 5) is 0. The van der Waals surface area contributed by atoms with Crippen LogP contribution in [0.1, 0.15) is 0 Å². The van der Waals surface area contributed by atoms with E-state index in [9.17, 15) is 40.9 Å². The van der Waals surface area contributed by atoms with Crippen LogP contribution in [0.25, 0.3) is 0 Å². The van der Waals surface area contributed by atoms with Crippen LogP contribution in [0.2, 0.25) is 25.7 Å². The van der Waals surface area contributed by atoms with Crippen molar-refractivity contribution >= 4 is 8.07 Å². The average molecular weight is 443 g/mol. The van der Waals surface area contributed by atoms with E-state index in [0.29, 0.717) is 0 Å². The van der Waals surface area contributed by atoms with Crippen LogP contribution in [-0.2, 0) is 14.2 Å². The number of aliphatic hydroxyl groups excluding tert-OH is 6. The van der Waals surface area contributed by atoms with Crippen LogP contribution in [0.3, 0.4) is 0 Å². The van der Waals surface area contributed by atoms with Crippen molar-refractivity contribution in [3.8, 4) is 0 Å². The first-order valence-electron chi connectivity index (χ1n) is 9.61. The van der Waals surface area contributed by atoms with Gasteiger partial charge in [0.25, 0.3) is 0 Å². The summed E-state index contributed by atoms with van der Waals surface area (Å²) < 4.78 is 16.0. The molecule has 0 unspecified atom stereocenters. The topological polar surface area (TPSA) is 190 Å². The molecule has 0 bridgehead atoms. The Labute approximate surface area is 170 Å². The lowest BCUT2D eigenvalue weighted by atomic mass is 9.67. The van der Waals surface area contributed by atoms with Gasteiger partial charge in [0.05, 0.1) is 19.8 Å². The van der Waals surface area contributed by atoms with Gasteiger partial charge < -0.3 is 55.1 Å². The third kappa shape index (κ3) is 4.54. The number of aliphatic hydroxyl groups is 8. The van der Waals surface area contributed by atoms with E-state index in [1.165, 1.54) is 0 Å².